The maximum absolute atomic E-state index is 2.31. The van der Waals surface area contributed by atoms with Crippen LogP contribution in [0.25, 0.3) is 0 Å². The van der Waals surface area contributed by atoms with Crippen molar-refractivity contribution in [3.63, 3.8) is 0 Å². The third-order valence-electron chi connectivity index (χ3n) is 4.94. The number of benzene rings is 2. The topological polar surface area (TPSA) is 0 Å². The molecule has 1 aliphatic rings. The van der Waals surface area contributed by atoms with E-state index in [-0.39, 0.29) is 0 Å². The second-order valence-corrected chi connectivity index (χ2v) is 6.92. The van der Waals surface area contributed by atoms with Crippen LogP contribution >= 0.6 is 0 Å². The third-order valence-corrected chi connectivity index (χ3v) is 4.94. The van der Waals surface area contributed by atoms with E-state index < -0.39 is 0 Å². The molecule has 21 heavy (non-hydrogen) atoms. The number of aryl methyl sites for hydroxylation is 2. The third kappa shape index (κ3) is 3.97. The molecule has 0 heteroatoms. The molecule has 0 aliphatic heterocycles. The Labute approximate surface area is 129 Å². The first-order valence-electron chi connectivity index (χ1n) is 8.30. The van der Waals surface area contributed by atoms with E-state index in [9.17, 15) is 0 Å². The van der Waals surface area contributed by atoms with Gasteiger partial charge in [-0.3, -0.25) is 0 Å². The monoisotopic (exact) mass is 278 g/mol. The molecule has 0 nitrogen and oxygen atoms in total. The van der Waals surface area contributed by atoms with Gasteiger partial charge >= 0.3 is 0 Å². The van der Waals surface area contributed by atoms with Gasteiger partial charge in [0.25, 0.3) is 0 Å². The van der Waals surface area contributed by atoms with Crippen molar-refractivity contribution in [1.29, 1.82) is 0 Å². The van der Waals surface area contributed by atoms with E-state index in [2.05, 4.69) is 62.4 Å². The number of hydrogen-bond donors (Lipinski definition) is 0. The zero-order chi connectivity index (χ0) is 14.7. The first kappa shape index (κ1) is 14.4. The summed E-state index contributed by atoms with van der Waals surface area (Å²) in [4.78, 5) is 0. The molecular formula is C21H26. The fourth-order valence-corrected chi connectivity index (χ4v) is 3.66. The SMILES string of the molecule is Cc1ccc(CC2CCC(Cc3ccc(C)cc3)C2)cc1. The van der Waals surface area contributed by atoms with Gasteiger partial charge in [-0.1, -0.05) is 59.7 Å². The fourth-order valence-electron chi connectivity index (χ4n) is 3.66. The van der Waals surface area contributed by atoms with Gasteiger partial charge < -0.3 is 0 Å². The maximum Gasteiger partial charge on any atom is -0.0250 e. The highest BCUT2D eigenvalue weighted by molar-refractivity contribution is 5.23. The Kier molecular flexibility index (Phi) is 4.43. The smallest absolute Gasteiger partial charge is 0.0250 e. The summed E-state index contributed by atoms with van der Waals surface area (Å²) < 4.78 is 0. The molecule has 2 atom stereocenters. The first-order chi connectivity index (χ1) is 10.2. The van der Waals surface area contributed by atoms with Crippen LogP contribution in [0.2, 0.25) is 0 Å². The molecule has 0 saturated heterocycles. The van der Waals surface area contributed by atoms with Crippen LogP contribution in [-0.2, 0) is 12.8 Å². The van der Waals surface area contributed by atoms with Crippen LogP contribution in [-0.4, -0.2) is 0 Å². The van der Waals surface area contributed by atoms with Gasteiger partial charge in [-0.2, -0.15) is 0 Å². The predicted octanol–water partition coefficient (Wildman–Crippen LogP) is 5.50. The molecule has 0 aromatic heterocycles. The summed E-state index contributed by atoms with van der Waals surface area (Å²) in [7, 11) is 0. The minimum absolute atomic E-state index is 0.892. The van der Waals surface area contributed by atoms with E-state index in [0.717, 1.165) is 11.8 Å². The number of hydrogen-bond acceptors (Lipinski definition) is 0. The summed E-state index contributed by atoms with van der Waals surface area (Å²) in [6.07, 6.45) is 6.76. The molecule has 0 heterocycles. The Morgan fingerprint density at radius 1 is 0.667 bits per heavy atom. The van der Waals surface area contributed by atoms with Gasteiger partial charge in [0.1, 0.15) is 0 Å². The molecule has 0 spiro atoms. The highest BCUT2D eigenvalue weighted by atomic mass is 14.3. The van der Waals surface area contributed by atoms with E-state index in [1.54, 1.807) is 0 Å². The Morgan fingerprint density at radius 2 is 1.05 bits per heavy atom. The zero-order valence-corrected chi connectivity index (χ0v) is 13.3. The van der Waals surface area contributed by atoms with Crippen molar-refractivity contribution in [3.8, 4) is 0 Å². The highest BCUT2D eigenvalue weighted by Crippen LogP contribution is 2.35. The van der Waals surface area contributed by atoms with Gasteiger partial charge in [-0.15, -0.1) is 0 Å². The molecule has 3 rings (SSSR count). The van der Waals surface area contributed by atoms with Crippen LogP contribution in [0.15, 0.2) is 48.5 Å². The predicted molar refractivity (Wildman–Crippen MR) is 90.6 cm³/mol. The summed E-state index contributed by atoms with van der Waals surface area (Å²) in [5.41, 5.74) is 5.76. The first-order valence-corrected chi connectivity index (χ1v) is 8.30. The molecule has 2 aromatic rings. The highest BCUT2D eigenvalue weighted by Gasteiger charge is 2.24. The van der Waals surface area contributed by atoms with Gasteiger partial charge in [-0.05, 0) is 68.9 Å². The Morgan fingerprint density at radius 3 is 1.43 bits per heavy atom. The molecule has 0 amide bonds. The summed E-state index contributed by atoms with van der Waals surface area (Å²) in [6, 6.07) is 18.2. The van der Waals surface area contributed by atoms with E-state index in [1.165, 1.54) is 54.4 Å². The van der Waals surface area contributed by atoms with Gasteiger partial charge in [0.2, 0.25) is 0 Å². The Bertz CT molecular complexity index is 508. The van der Waals surface area contributed by atoms with Gasteiger partial charge in [0.15, 0.2) is 0 Å². The van der Waals surface area contributed by atoms with Crippen molar-refractivity contribution in [2.24, 2.45) is 11.8 Å². The van der Waals surface area contributed by atoms with Crippen LogP contribution in [0, 0.1) is 25.7 Å². The van der Waals surface area contributed by atoms with Crippen LogP contribution in [0.3, 0.4) is 0 Å². The van der Waals surface area contributed by atoms with Crippen molar-refractivity contribution >= 4 is 0 Å². The summed E-state index contributed by atoms with van der Waals surface area (Å²) in [6.45, 7) is 4.33. The molecule has 2 aromatic carbocycles. The lowest BCUT2D eigenvalue weighted by Crippen LogP contribution is -2.03. The number of rotatable bonds is 4. The van der Waals surface area contributed by atoms with Crippen LogP contribution < -0.4 is 0 Å². The molecule has 0 radical (unpaired) electrons. The molecular weight excluding hydrogens is 252 g/mol. The Balaban J connectivity index is 1.53. The maximum atomic E-state index is 2.31. The molecule has 1 aliphatic carbocycles. The second kappa shape index (κ2) is 6.47. The van der Waals surface area contributed by atoms with E-state index in [0.29, 0.717) is 0 Å². The summed E-state index contributed by atoms with van der Waals surface area (Å²) in [5, 5.41) is 0. The van der Waals surface area contributed by atoms with Gasteiger partial charge in [-0.25, -0.2) is 0 Å². The molecule has 2 unspecified atom stereocenters. The van der Waals surface area contributed by atoms with Gasteiger partial charge in [0.05, 0.1) is 0 Å². The molecule has 1 fully saturated rings. The molecule has 0 bridgehead atoms. The molecule has 0 N–H and O–H groups in total. The molecule has 1 saturated carbocycles. The lowest BCUT2D eigenvalue weighted by atomic mass is 9.93. The van der Waals surface area contributed by atoms with Crippen LogP contribution in [0.1, 0.15) is 41.5 Å². The lowest BCUT2D eigenvalue weighted by Gasteiger charge is -2.12. The van der Waals surface area contributed by atoms with E-state index in [4.69, 9.17) is 0 Å². The van der Waals surface area contributed by atoms with E-state index >= 15 is 0 Å². The van der Waals surface area contributed by atoms with Crippen molar-refractivity contribution in [1.82, 2.24) is 0 Å². The quantitative estimate of drug-likeness (QED) is 0.692. The zero-order valence-electron chi connectivity index (χ0n) is 13.3. The van der Waals surface area contributed by atoms with Crippen LogP contribution in [0.5, 0.6) is 0 Å². The van der Waals surface area contributed by atoms with Gasteiger partial charge in [0, 0.05) is 0 Å². The largest absolute Gasteiger partial charge is 0.0591 e. The van der Waals surface area contributed by atoms with Crippen molar-refractivity contribution in [2.75, 3.05) is 0 Å². The minimum atomic E-state index is 0.892. The normalized spacial score (nSPS) is 21.6. The van der Waals surface area contributed by atoms with Crippen LogP contribution in [0.4, 0.5) is 0 Å². The van der Waals surface area contributed by atoms with Crippen molar-refractivity contribution in [2.45, 2.75) is 46.0 Å². The summed E-state index contributed by atoms with van der Waals surface area (Å²) >= 11 is 0. The van der Waals surface area contributed by atoms with E-state index in [1.807, 2.05) is 0 Å². The average Bonchev–Trinajstić information content (AvgIpc) is 2.91. The van der Waals surface area contributed by atoms with Crippen molar-refractivity contribution < 1.29 is 0 Å². The fraction of sp³-hybridized carbons (Fsp3) is 0.429. The van der Waals surface area contributed by atoms with Crippen molar-refractivity contribution in [3.05, 3.63) is 70.8 Å². The lowest BCUT2D eigenvalue weighted by molar-refractivity contribution is 0.487. The average molecular weight is 278 g/mol. The minimum Gasteiger partial charge on any atom is -0.0591 e. The molecule has 110 valence electrons. The Hall–Kier alpha value is -1.56. The second-order valence-electron chi connectivity index (χ2n) is 6.92. The summed E-state index contributed by atoms with van der Waals surface area (Å²) in [5.74, 6) is 1.78. The standard InChI is InChI=1S/C21H26/c1-16-3-7-18(8-4-16)13-20-11-12-21(15-20)14-19-9-5-17(2)6-10-19/h3-10,20-21H,11-15H2,1-2H3.